The van der Waals surface area contributed by atoms with Crippen molar-refractivity contribution >= 4 is 32.6 Å². The molecule has 1 fully saturated rings. The molecule has 6 heteroatoms. The molecule has 1 aliphatic rings. The Labute approximate surface area is 182 Å². The lowest BCUT2D eigenvalue weighted by atomic mass is 10.0. The molecule has 0 bridgehead atoms. The molecule has 0 saturated carbocycles. The van der Waals surface area contributed by atoms with Crippen LogP contribution in [0.4, 0.5) is 5.13 Å². The number of aromatic nitrogens is 1. The van der Waals surface area contributed by atoms with E-state index in [1.165, 1.54) is 5.56 Å². The third-order valence-corrected chi connectivity index (χ3v) is 6.64. The Morgan fingerprint density at radius 1 is 1.10 bits per heavy atom. The zero-order chi connectivity index (χ0) is 21.1. The highest BCUT2D eigenvalue weighted by Gasteiger charge is 2.23. The number of anilines is 1. The van der Waals surface area contributed by atoms with Crippen molar-refractivity contribution in [3.63, 3.8) is 0 Å². The van der Waals surface area contributed by atoms with Crippen LogP contribution in [0.5, 0.6) is 5.75 Å². The summed E-state index contributed by atoms with van der Waals surface area (Å²) >= 11 is 1.69. The van der Waals surface area contributed by atoms with Gasteiger partial charge in [0.15, 0.2) is 5.13 Å². The van der Waals surface area contributed by atoms with Crippen LogP contribution in [0.2, 0.25) is 0 Å². The second kappa shape index (κ2) is 9.04. The molecule has 0 spiro atoms. The van der Waals surface area contributed by atoms with Crippen LogP contribution >= 0.6 is 11.3 Å². The second-order valence-electron chi connectivity index (χ2n) is 8.00. The Morgan fingerprint density at radius 2 is 1.83 bits per heavy atom. The molecule has 5 nitrogen and oxygen atoms in total. The van der Waals surface area contributed by atoms with Crippen LogP contribution in [0.25, 0.3) is 10.2 Å². The number of thiazole rings is 1. The normalized spacial score (nSPS) is 14.5. The first-order valence-electron chi connectivity index (χ1n) is 10.7. The van der Waals surface area contributed by atoms with E-state index in [9.17, 15) is 4.79 Å². The largest absolute Gasteiger partial charge is 0.494 e. The summed E-state index contributed by atoms with van der Waals surface area (Å²) in [4.78, 5) is 21.8. The van der Waals surface area contributed by atoms with E-state index in [1.807, 2.05) is 24.0 Å². The average molecular weight is 424 g/mol. The van der Waals surface area contributed by atoms with Crippen molar-refractivity contribution in [1.82, 2.24) is 9.88 Å². The van der Waals surface area contributed by atoms with E-state index in [0.717, 1.165) is 52.8 Å². The maximum atomic E-state index is 12.7. The van der Waals surface area contributed by atoms with E-state index >= 15 is 0 Å². The monoisotopic (exact) mass is 423 g/mol. The van der Waals surface area contributed by atoms with Gasteiger partial charge in [-0.1, -0.05) is 49.4 Å². The van der Waals surface area contributed by atoms with Gasteiger partial charge < -0.3 is 14.5 Å². The summed E-state index contributed by atoms with van der Waals surface area (Å²) in [5.41, 5.74) is 3.40. The number of amides is 1. The van der Waals surface area contributed by atoms with Crippen LogP contribution in [0, 0.1) is 0 Å². The van der Waals surface area contributed by atoms with Crippen LogP contribution in [0.3, 0.4) is 0 Å². The lowest BCUT2D eigenvalue weighted by Gasteiger charge is -2.34. The molecule has 2 aromatic carbocycles. The van der Waals surface area contributed by atoms with Gasteiger partial charge in [-0.15, -0.1) is 0 Å². The van der Waals surface area contributed by atoms with Gasteiger partial charge in [-0.3, -0.25) is 4.79 Å². The minimum absolute atomic E-state index is 0.206. The predicted molar refractivity (Wildman–Crippen MR) is 124 cm³/mol. The number of piperazine rings is 1. The zero-order valence-electron chi connectivity index (χ0n) is 17.9. The summed E-state index contributed by atoms with van der Waals surface area (Å²) in [7, 11) is 0. The van der Waals surface area contributed by atoms with Gasteiger partial charge >= 0.3 is 0 Å². The predicted octanol–water partition coefficient (Wildman–Crippen LogP) is 4.71. The molecule has 158 valence electrons. The Kier molecular flexibility index (Phi) is 6.23. The van der Waals surface area contributed by atoms with Gasteiger partial charge in [0.2, 0.25) is 5.91 Å². The minimum atomic E-state index is 0.206. The summed E-state index contributed by atoms with van der Waals surface area (Å²) in [5, 5.41) is 1.02. The molecule has 0 aliphatic carbocycles. The quantitative estimate of drug-likeness (QED) is 0.576. The van der Waals surface area contributed by atoms with Gasteiger partial charge in [0.1, 0.15) is 5.75 Å². The van der Waals surface area contributed by atoms with E-state index < -0.39 is 0 Å². The van der Waals surface area contributed by atoms with Crippen LogP contribution in [-0.2, 0) is 11.2 Å². The topological polar surface area (TPSA) is 45.7 Å². The third kappa shape index (κ3) is 4.59. The molecule has 0 atom stereocenters. The lowest BCUT2D eigenvalue weighted by Crippen LogP contribution is -2.49. The minimum Gasteiger partial charge on any atom is -0.494 e. The Hall–Kier alpha value is -2.60. The van der Waals surface area contributed by atoms with Crippen molar-refractivity contribution in [3.05, 3.63) is 53.6 Å². The summed E-state index contributed by atoms with van der Waals surface area (Å²) in [6.07, 6.45) is 0.472. The van der Waals surface area contributed by atoms with Gasteiger partial charge in [0, 0.05) is 26.2 Å². The zero-order valence-corrected chi connectivity index (χ0v) is 18.7. The molecule has 1 saturated heterocycles. The van der Waals surface area contributed by atoms with E-state index in [4.69, 9.17) is 9.72 Å². The van der Waals surface area contributed by atoms with E-state index in [-0.39, 0.29) is 5.91 Å². The number of rotatable bonds is 6. The highest BCUT2D eigenvalue weighted by atomic mass is 32.1. The van der Waals surface area contributed by atoms with Gasteiger partial charge in [0.05, 0.1) is 23.2 Å². The van der Waals surface area contributed by atoms with Gasteiger partial charge in [-0.25, -0.2) is 4.98 Å². The number of hydrogen-bond acceptors (Lipinski definition) is 5. The van der Waals surface area contributed by atoms with Crippen LogP contribution in [0.1, 0.15) is 37.8 Å². The summed E-state index contributed by atoms with van der Waals surface area (Å²) in [6, 6.07) is 14.5. The van der Waals surface area contributed by atoms with E-state index in [1.54, 1.807) is 11.3 Å². The maximum Gasteiger partial charge on any atom is 0.227 e. The van der Waals surface area contributed by atoms with Crippen molar-refractivity contribution in [2.45, 2.75) is 33.1 Å². The van der Waals surface area contributed by atoms with Crippen molar-refractivity contribution in [1.29, 1.82) is 0 Å². The molecule has 2 heterocycles. The van der Waals surface area contributed by atoms with Crippen molar-refractivity contribution in [2.24, 2.45) is 0 Å². The van der Waals surface area contributed by atoms with Crippen molar-refractivity contribution in [2.75, 3.05) is 37.7 Å². The lowest BCUT2D eigenvalue weighted by molar-refractivity contribution is -0.130. The molecular weight excluding hydrogens is 394 g/mol. The fourth-order valence-corrected chi connectivity index (χ4v) is 4.78. The van der Waals surface area contributed by atoms with Crippen molar-refractivity contribution < 1.29 is 9.53 Å². The van der Waals surface area contributed by atoms with Gasteiger partial charge in [-0.2, -0.15) is 0 Å². The third-order valence-electron chi connectivity index (χ3n) is 5.56. The van der Waals surface area contributed by atoms with Crippen molar-refractivity contribution in [3.8, 4) is 5.75 Å². The number of ether oxygens (including phenoxy) is 1. The number of nitrogens with zero attached hydrogens (tertiary/aromatic N) is 3. The summed E-state index contributed by atoms with van der Waals surface area (Å²) < 4.78 is 6.74. The molecule has 3 aromatic rings. The van der Waals surface area contributed by atoms with E-state index in [0.29, 0.717) is 18.9 Å². The molecule has 0 unspecified atom stereocenters. The second-order valence-corrected chi connectivity index (χ2v) is 9.01. The number of carbonyl (C=O) groups excluding carboxylic acids is 1. The standard InChI is InChI=1S/C24H29N3O2S/c1-4-29-20-9-10-21-22(16-20)30-24(25-21)27-13-11-26(12-14-27)23(28)15-18-5-7-19(8-6-18)17(2)3/h5-10,16-17H,4,11-15H2,1-3H3. The SMILES string of the molecule is CCOc1ccc2nc(N3CCN(C(=O)Cc4ccc(C(C)C)cc4)CC3)sc2c1. The molecule has 30 heavy (non-hydrogen) atoms. The molecule has 0 radical (unpaired) electrons. The molecule has 1 amide bonds. The fraction of sp³-hybridized carbons (Fsp3) is 0.417. The Bertz CT molecular complexity index is 1000. The smallest absolute Gasteiger partial charge is 0.227 e. The molecule has 1 aliphatic heterocycles. The molecule has 1 aromatic heterocycles. The first kappa shape index (κ1) is 20.7. The fourth-order valence-electron chi connectivity index (χ4n) is 3.74. The first-order chi connectivity index (χ1) is 14.5. The number of carbonyl (C=O) groups is 1. The molecule has 0 N–H and O–H groups in total. The average Bonchev–Trinajstić information content (AvgIpc) is 3.18. The van der Waals surface area contributed by atoms with Crippen LogP contribution in [0.15, 0.2) is 42.5 Å². The molecular formula is C24H29N3O2S. The Balaban J connectivity index is 1.35. The summed E-state index contributed by atoms with van der Waals surface area (Å²) in [5.74, 6) is 1.60. The highest BCUT2D eigenvalue weighted by Crippen LogP contribution is 2.32. The number of hydrogen-bond donors (Lipinski definition) is 0. The van der Waals surface area contributed by atoms with Crippen LogP contribution in [-0.4, -0.2) is 48.6 Å². The number of fused-ring (bicyclic) bond motifs is 1. The maximum absolute atomic E-state index is 12.7. The van der Waals surface area contributed by atoms with E-state index in [2.05, 4.69) is 49.1 Å². The van der Waals surface area contributed by atoms with Gasteiger partial charge in [-0.05, 0) is 42.2 Å². The highest BCUT2D eigenvalue weighted by molar-refractivity contribution is 7.22. The number of benzene rings is 2. The van der Waals surface area contributed by atoms with Crippen LogP contribution < -0.4 is 9.64 Å². The Morgan fingerprint density at radius 3 is 2.50 bits per heavy atom. The van der Waals surface area contributed by atoms with Gasteiger partial charge in [0.25, 0.3) is 0 Å². The first-order valence-corrected chi connectivity index (χ1v) is 11.5. The molecule has 4 rings (SSSR count). The summed E-state index contributed by atoms with van der Waals surface area (Å²) in [6.45, 7) is 10.1.